The number of thiophene rings is 1. The molecular weight excluding hydrogens is 139 g/mol. The minimum absolute atomic E-state index is 0.520. The second kappa shape index (κ2) is 3.82. The van der Waals surface area contributed by atoms with Crippen molar-refractivity contribution in [2.75, 3.05) is 0 Å². The highest BCUT2D eigenvalue weighted by molar-refractivity contribution is 7.12. The first-order chi connectivity index (χ1) is 5.36. The lowest BCUT2D eigenvalue weighted by Gasteiger charge is -1.88. The monoisotopic (exact) mass is 153 g/mol. The molecule has 0 radical (unpaired) electrons. The molecule has 1 rings (SSSR count). The molecule has 0 unspecified atom stereocenters. The molecule has 0 saturated carbocycles. The summed E-state index contributed by atoms with van der Waals surface area (Å²) in [4.78, 5) is 2.83. The summed E-state index contributed by atoms with van der Waals surface area (Å²) in [5, 5.41) is 0. The van der Waals surface area contributed by atoms with Crippen molar-refractivity contribution in [3.63, 3.8) is 0 Å². The van der Waals surface area contributed by atoms with E-state index in [4.69, 9.17) is 1.34 Å². The first-order valence-electron chi connectivity index (χ1n) is 4.44. The van der Waals surface area contributed by atoms with Gasteiger partial charge in [0.25, 0.3) is 0 Å². The van der Waals surface area contributed by atoms with E-state index < -0.39 is 0 Å². The Kier molecular flexibility index (Phi) is 2.47. The highest BCUT2D eigenvalue weighted by Crippen LogP contribution is 2.17. The zero-order valence-corrected chi connectivity index (χ0v) is 7.21. The normalized spacial score (nSPS) is 11.1. The van der Waals surface area contributed by atoms with Crippen molar-refractivity contribution in [3.8, 4) is 0 Å². The van der Waals surface area contributed by atoms with Gasteiger partial charge in [0.15, 0.2) is 0 Å². The highest BCUT2D eigenvalue weighted by Gasteiger charge is 1.95. The zero-order chi connectivity index (χ0) is 8.10. The lowest BCUT2D eigenvalue weighted by Crippen LogP contribution is -1.73. The average molecular weight is 153 g/mol. The van der Waals surface area contributed by atoms with Crippen LogP contribution in [0.1, 0.15) is 23.1 Å². The molecule has 0 aliphatic rings. The fourth-order valence-corrected chi connectivity index (χ4v) is 1.95. The van der Waals surface area contributed by atoms with Gasteiger partial charge < -0.3 is 0 Å². The Hall–Kier alpha value is -0.235. The lowest BCUT2D eigenvalue weighted by molar-refractivity contribution is 0.940. The van der Waals surface area contributed by atoms with Crippen LogP contribution in [0, 0.1) is 0 Å². The van der Waals surface area contributed by atoms with Crippen LogP contribution in [0.5, 0.6) is 0 Å². The van der Waals surface area contributed by atoms with Gasteiger partial charge in [-0.1, -0.05) is 13.3 Å². The first-order valence-corrected chi connectivity index (χ1v) is 4.55. The van der Waals surface area contributed by atoms with Crippen LogP contribution >= 0.6 is 11.3 Å². The number of hydrogen-bond acceptors (Lipinski definition) is 1. The van der Waals surface area contributed by atoms with Crippen molar-refractivity contribution < 1.29 is 0 Å². The molecule has 0 spiro atoms. The highest BCUT2D eigenvalue weighted by atomic mass is 32.1. The zero-order valence-electron chi connectivity index (χ0n) is 7.39. The van der Waals surface area contributed by atoms with Gasteiger partial charge in [-0.3, -0.25) is 0 Å². The van der Waals surface area contributed by atoms with Crippen LogP contribution in [-0.4, -0.2) is 9.15 Å². The van der Waals surface area contributed by atoms with Gasteiger partial charge in [0, 0.05) is 4.88 Å². The summed E-state index contributed by atoms with van der Waals surface area (Å²) < 4.78 is 7.06. The Morgan fingerprint density at radius 3 is 3.10 bits per heavy atom. The first kappa shape index (κ1) is 6.47. The molecule has 0 N–H and O–H groups in total. The Morgan fingerprint density at radius 1 is 1.60 bits per heavy atom. The van der Waals surface area contributed by atoms with Crippen LogP contribution in [0.3, 0.4) is 0 Å². The molecule has 10 heavy (non-hydrogen) atoms. The fraction of sp³-hybridized carbons (Fsp3) is 0.500. The summed E-state index contributed by atoms with van der Waals surface area (Å²) in [5.74, 6) is 0. The molecular formula is C8H13BS. The van der Waals surface area contributed by atoms with Crippen LogP contribution in [0.25, 0.3) is 0 Å². The SMILES string of the molecule is [2H]BCc1ccc(CCC)s1. The van der Waals surface area contributed by atoms with Gasteiger partial charge in [-0.25, -0.2) is 0 Å². The summed E-state index contributed by atoms with van der Waals surface area (Å²) in [6, 6.07) is 4.35. The maximum absolute atomic E-state index is 7.06. The summed E-state index contributed by atoms with van der Waals surface area (Å²) in [7, 11) is 0.520. The largest absolute Gasteiger partial charge is 0.146 e. The van der Waals surface area contributed by atoms with E-state index >= 15 is 0 Å². The van der Waals surface area contributed by atoms with E-state index in [1.165, 1.54) is 22.6 Å². The predicted octanol–water partition coefficient (Wildman–Crippen LogP) is 1.83. The van der Waals surface area contributed by atoms with Gasteiger partial charge in [0.05, 0.1) is 0 Å². The Bertz CT molecular complexity index is 189. The summed E-state index contributed by atoms with van der Waals surface area (Å²) in [6.45, 7) is 2.20. The number of aryl methyl sites for hydroxylation is 1. The van der Waals surface area contributed by atoms with Crippen molar-refractivity contribution in [1.82, 2.24) is 0 Å². The fourth-order valence-electron chi connectivity index (χ4n) is 0.937. The van der Waals surface area contributed by atoms with E-state index in [0.717, 1.165) is 6.32 Å². The topological polar surface area (TPSA) is 0 Å². The van der Waals surface area contributed by atoms with Gasteiger partial charge >= 0.3 is 0 Å². The third-order valence-electron chi connectivity index (χ3n) is 1.46. The Morgan fingerprint density at radius 2 is 2.40 bits per heavy atom. The summed E-state index contributed by atoms with van der Waals surface area (Å²) >= 11 is 1.86. The number of hydrogen-bond donors (Lipinski definition) is 0. The Balaban J connectivity index is 2.51. The molecule has 0 amide bonds. The minimum Gasteiger partial charge on any atom is -0.146 e. The van der Waals surface area contributed by atoms with Crippen LogP contribution < -0.4 is 0 Å². The smallest absolute Gasteiger partial charge is 0.108 e. The summed E-state index contributed by atoms with van der Waals surface area (Å²) in [5.41, 5.74) is 0. The van der Waals surface area contributed by atoms with Crippen molar-refractivity contribution >= 4 is 19.1 Å². The van der Waals surface area contributed by atoms with Crippen LogP contribution in [0.4, 0.5) is 0 Å². The van der Waals surface area contributed by atoms with E-state index in [2.05, 4.69) is 19.1 Å². The third kappa shape index (κ3) is 1.88. The minimum atomic E-state index is 0.520. The summed E-state index contributed by atoms with van der Waals surface area (Å²) in [6.07, 6.45) is 3.35. The maximum Gasteiger partial charge on any atom is 0.108 e. The molecule has 0 atom stereocenters. The second-order valence-electron chi connectivity index (χ2n) is 2.37. The average Bonchev–Trinajstić information content (AvgIpc) is 2.38. The molecule has 1 aromatic rings. The molecule has 0 fully saturated rings. The van der Waals surface area contributed by atoms with Crippen molar-refractivity contribution in [2.45, 2.75) is 26.1 Å². The predicted molar refractivity (Wildman–Crippen MR) is 50.6 cm³/mol. The van der Waals surface area contributed by atoms with Crippen LogP contribution in [0.15, 0.2) is 12.1 Å². The van der Waals surface area contributed by atoms with Gasteiger partial charge in [0.1, 0.15) is 7.81 Å². The van der Waals surface area contributed by atoms with Crippen LogP contribution in [0.2, 0.25) is 0 Å². The Labute approximate surface area is 69.0 Å². The molecule has 0 aliphatic carbocycles. The number of rotatable bonds is 4. The molecule has 0 bridgehead atoms. The van der Waals surface area contributed by atoms with E-state index in [-0.39, 0.29) is 0 Å². The third-order valence-corrected chi connectivity index (χ3v) is 2.66. The van der Waals surface area contributed by atoms with Gasteiger partial charge in [-0.05, 0) is 31.1 Å². The van der Waals surface area contributed by atoms with E-state index in [1.807, 2.05) is 11.3 Å². The molecule has 54 valence electrons. The molecule has 0 aliphatic heterocycles. The van der Waals surface area contributed by atoms with Crippen molar-refractivity contribution in [3.05, 3.63) is 21.9 Å². The molecule has 0 aromatic carbocycles. The molecule has 0 saturated heterocycles. The van der Waals surface area contributed by atoms with E-state index in [0.29, 0.717) is 7.81 Å². The molecule has 2 heteroatoms. The maximum atomic E-state index is 7.06. The second-order valence-corrected chi connectivity index (χ2v) is 3.62. The molecule has 0 nitrogen and oxygen atoms in total. The molecule has 1 aromatic heterocycles. The molecule has 1 heterocycles. The van der Waals surface area contributed by atoms with E-state index in [9.17, 15) is 0 Å². The van der Waals surface area contributed by atoms with Crippen molar-refractivity contribution in [2.24, 2.45) is 0 Å². The van der Waals surface area contributed by atoms with Gasteiger partial charge in [-0.2, -0.15) is 0 Å². The standard InChI is InChI=1S/C8H13BS/c1-2-3-7-4-5-8(6-9)10-7/h4-5H,2-3,6,9H2,1H3/i9D. The van der Waals surface area contributed by atoms with Crippen LogP contribution in [-0.2, 0) is 12.7 Å². The van der Waals surface area contributed by atoms with Gasteiger partial charge in [-0.15, -0.1) is 11.3 Å². The lowest BCUT2D eigenvalue weighted by atomic mass is 10.0. The van der Waals surface area contributed by atoms with Gasteiger partial charge in [0.2, 0.25) is 0 Å². The van der Waals surface area contributed by atoms with E-state index in [1.54, 1.807) is 0 Å². The van der Waals surface area contributed by atoms with Crippen molar-refractivity contribution in [1.29, 1.82) is 1.34 Å². The quantitative estimate of drug-likeness (QED) is 0.579.